The number of fused-ring (bicyclic) bond motifs is 3. The van der Waals surface area contributed by atoms with Crippen molar-refractivity contribution in [3.8, 4) is 0 Å². The van der Waals surface area contributed by atoms with Crippen LogP contribution >= 0.6 is 0 Å². The largest absolute Gasteiger partial charge is 0.0953 e. The molecule has 0 heteroatoms. The fourth-order valence-corrected chi connectivity index (χ4v) is 13.0. The van der Waals surface area contributed by atoms with Crippen molar-refractivity contribution in [2.45, 2.75) is 174 Å². The van der Waals surface area contributed by atoms with Crippen molar-refractivity contribution >= 4 is 0 Å². The zero-order chi connectivity index (χ0) is 28.9. The Morgan fingerprint density at radius 1 is 0.667 bits per heavy atom. The summed E-state index contributed by atoms with van der Waals surface area (Å²) >= 11 is 0. The quantitative estimate of drug-likeness (QED) is 0.277. The fraction of sp³-hybridized carbons (Fsp3) is 0.905. The van der Waals surface area contributed by atoms with E-state index in [0.29, 0.717) is 0 Å². The summed E-state index contributed by atoms with van der Waals surface area (Å²) < 4.78 is 0. The zero-order valence-corrected chi connectivity index (χ0v) is 28.3. The van der Waals surface area contributed by atoms with Crippen LogP contribution in [-0.4, -0.2) is 0 Å². The first-order valence-electron chi connectivity index (χ1n) is 20.1. The minimum absolute atomic E-state index is 0.873. The summed E-state index contributed by atoms with van der Waals surface area (Å²) in [5.41, 5.74) is 3.18. The summed E-state index contributed by atoms with van der Waals surface area (Å²) in [5, 5.41) is 0. The lowest BCUT2D eigenvalue weighted by Gasteiger charge is -2.58. The number of unbranched alkanes of at least 4 members (excludes halogenated alkanes) is 2. The van der Waals surface area contributed by atoms with Crippen LogP contribution in [0.3, 0.4) is 0 Å². The maximum atomic E-state index is 4.45. The molecular weight excluding hydrogens is 504 g/mol. The Morgan fingerprint density at radius 3 is 1.93 bits per heavy atom. The fourth-order valence-electron chi connectivity index (χ4n) is 13.0. The predicted octanol–water partition coefficient (Wildman–Crippen LogP) is 13.1. The summed E-state index contributed by atoms with van der Waals surface area (Å²) in [7, 11) is 0. The van der Waals surface area contributed by atoms with Crippen molar-refractivity contribution < 1.29 is 0 Å². The van der Waals surface area contributed by atoms with E-state index in [1.54, 1.807) is 94.6 Å². The molecule has 0 spiro atoms. The lowest BCUT2D eigenvalue weighted by Crippen LogP contribution is -2.51. The first-order valence-corrected chi connectivity index (χ1v) is 20.1. The van der Waals surface area contributed by atoms with Gasteiger partial charge in [0.1, 0.15) is 0 Å². The minimum Gasteiger partial charge on any atom is -0.0953 e. The van der Waals surface area contributed by atoms with Crippen LogP contribution in [0.1, 0.15) is 174 Å². The Labute approximate surface area is 262 Å². The highest BCUT2D eigenvalue weighted by Crippen LogP contribution is 2.60. The van der Waals surface area contributed by atoms with Crippen LogP contribution < -0.4 is 0 Å². The van der Waals surface area contributed by atoms with Crippen LogP contribution in [0.15, 0.2) is 23.8 Å². The lowest BCUT2D eigenvalue weighted by molar-refractivity contribution is -0.0895. The number of hydrogen-bond acceptors (Lipinski definition) is 0. The first-order chi connectivity index (χ1) is 20.7. The molecule has 7 rings (SSSR count). The van der Waals surface area contributed by atoms with E-state index in [9.17, 15) is 0 Å². The number of rotatable bonds is 6. The maximum absolute atomic E-state index is 4.45. The molecule has 0 saturated heterocycles. The van der Waals surface area contributed by atoms with Gasteiger partial charge in [0.25, 0.3) is 0 Å². The molecule has 0 radical (unpaired) electrons. The molecule has 0 heterocycles. The second-order valence-corrected chi connectivity index (χ2v) is 16.9. The van der Waals surface area contributed by atoms with Gasteiger partial charge in [0.2, 0.25) is 0 Å². The van der Waals surface area contributed by atoms with Gasteiger partial charge in [-0.3, -0.25) is 0 Å². The highest BCUT2D eigenvalue weighted by atomic mass is 14.6. The third-order valence-electron chi connectivity index (χ3n) is 14.9. The molecule has 6 saturated carbocycles. The Bertz CT molecular complexity index is 848. The zero-order valence-electron chi connectivity index (χ0n) is 28.3. The second kappa shape index (κ2) is 15.2. The topological polar surface area (TPSA) is 0 Å². The lowest BCUT2D eigenvalue weighted by atomic mass is 9.47. The van der Waals surface area contributed by atoms with E-state index in [1.807, 2.05) is 0 Å². The molecule has 0 aromatic heterocycles. The summed E-state index contributed by atoms with van der Waals surface area (Å²) in [6.07, 6.45) is 40.1. The number of allylic oxidation sites excluding steroid dienone is 3. The Morgan fingerprint density at radius 2 is 1.26 bits per heavy atom. The minimum atomic E-state index is 0.873. The Kier molecular flexibility index (Phi) is 11.4. The van der Waals surface area contributed by atoms with E-state index >= 15 is 0 Å². The highest BCUT2D eigenvalue weighted by molar-refractivity contribution is 5.35. The summed E-state index contributed by atoms with van der Waals surface area (Å²) in [5.74, 6) is 11.7. The maximum Gasteiger partial charge on any atom is -0.0108 e. The van der Waals surface area contributed by atoms with Gasteiger partial charge in [0.15, 0.2) is 0 Å². The van der Waals surface area contributed by atoms with Gasteiger partial charge < -0.3 is 0 Å². The van der Waals surface area contributed by atoms with Gasteiger partial charge in [0.05, 0.1) is 0 Å². The molecule has 6 fully saturated rings. The van der Waals surface area contributed by atoms with Crippen molar-refractivity contribution in [3.05, 3.63) is 23.8 Å². The van der Waals surface area contributed by atoms with Crippen molar-refractivity contribution in [1.29, 1.82) is 0 Å². The van der Waals surface area contributed by atoms with Crippen LogP contribution in [0.25, 0.3) is 0 Å². The third kappa shape index (κ3) is 6.84. The Hall–Kier alpha value is -0.520. The molecule has 7 aliphatic rings. The second-order valence-electron chi connectivity index (χ2n) is 16.9. The number of hydrogen-bond donors (Lipinski definition) is 0. The standard InChI is InChI=1S/C26H46.C16H24/c1-3-4-5-16-23(20-12-6-7-13-20)26-24-17-10-8-14-21(24)19(2)22-15-9-11-18-25(22)26;1-12-13-6-4-2-3-5-7-14-10-11-15(9-8-13)16(12)14/h19-26H,3-18H2,1-2H3;6,14-16H,1-5,7-11H2/b;13-6-. The molecule has 42 heavy (non-hydrogen) atoms. The molecule has 7 aliphatic carbocycles. The van der Waals surface area contributed by atoms with Gasteiger partial charge in [-0.05, 0) is 153 Å². The average molecular weight is 575 g/mol. The van der Waals surface area contributed by atoms with Crippen LogP contribution in [0, 0.1) is 65.1 Å². The summed E-state index contributed by atoms with van der Waals surface area (Å²) in [4.78, 5) is 0. The third-order valence-corrected chi connectivity index (χ3v) is 14.9. The summed E-state index contributed by atoms with van der Waals surface area (Å²) in [6.45, 7) is 9.52. The van der Waals surface area contributed by atoms with E-state index in [-0.39, 0.29) is 0 Å². The molecule has 238 valence electrons. The normalized spacial score (nSPS) is 42.4. The van der Waals surface area contributed by atoms with Crippen LogP contribution in [0.5, 0.6) is 0 Å². The van der Waals surface area contributed by atoms with Gasteiger partial charge >= 0.3 is 0 Å². The van der Waals surface area contributed by atoms with Crippen LogP contribution in [0.2, 0.25) is 0 Å². The van der Waals surface area contributed by atoms with Crippen molar-refractivity contribution in [2.75, 3.05) is 0 Å². The van der Waals surface area contributed by atoms with Gasteiger partial charge in [-0.15, -0.1) is 0 Å². The van der Waals surface area contributed by atoms with Crippen molar-refractivity contribution in [3.63, 3.8) is 0 Å². The SMILES string of the molecule is C=C1/C2=C\CCCCCC3CCC(CC2)C13.CCCCCC(C1CCCC1)C1C2CCCCC2C(C)C2CCCCC21. The predicted molar refractivity (Wildman–Crippen MR) is 182 cm³/mol. The van der Waals surface area contributed by atoms with E-state index < -0.39 is 0 Å². The van der Waals surface area contributed by atoms with Gasteiger partial charge in [-0.1, -0.05) is 110 Å². The van der Waals surface area contributed by atoms with Gasteiger partial charge in [0, 0.05) is 0 Å². The van der Waals surface area contributed by atoms with Crippen molar-refractivity contribution in [2.24, 2.45) is 65.1 Å². The average Bonchev–Trinajstić information content (AvgIpc) is 3.71. The van der Waals surface area contributed by atoms with E-state index in [4.69, 9.17) is 0 Å². The monoisotopic (exact) mass is 575 g/mol. The molecule has 0 N–H and O–H groups in total. The van der Waals surface area contributed by atoms with Gasteiger partial charge in [-0.2, -0.15) is 0 Å². The van der Waals surface area contributed by atoms with E-state index in [2.05, 4.69) is 26.5 Å². The first kappa shape index (κ1) is 31.5. The van der Waals surface area contributed by atoms with E-state index in [0.717, 1.165) is 65.1 Å². The van der Waals surface area contributed by atoms with Crippen LogP contribution in [-0.2, 0) is 0 Å². The Balaban J connectivity index is 0.000000168. The molecule has 8 atom stereocenters. The molecule has 0 nitrogen and oxygen atoms in total. The summed E-state index contributed by atoms with van der Waals surface area (Å²) in [6, 6.07) is 0. The molecule has 0 amide bonds. The smallest absolute Gasteiger partial charge is 0.0108 e. The molecule has 8 unspecified atom stereocenters. The van der Waals surface area contributed by atoms with Crippen LogP contribution in [0.4, 0.5) is 0 Å². The molecular formula is C42H70. The van der Waals surface area contributed by atoms with Crippen molar-refractivity contribution in [1.82, 2.24) is 0 Å². The molecule has 2 bridgehead atoms. The highest BCUT2D eigenvalue weighted by Gasteiger charge is 2.52. The van der Waals surface area contributed by atoms with E-state index in [1.165, 1.54) is 77.0 Å². The van der Waals surface area contributed by atoms with Gasteiger partial charge in [-0.25, -0.2) is 0 Å². The molecule has 0 aliphatic heterocycles. The molecule has 0 aromatic rings. The molecule has 0 aromatic carbocycles.